The van der Waals surface area contributed by atoms with Gasteiger partial charge in [0.2, 0.25) is 10.0 Å². The van der Waals surface area contributed by atoms with Crippen LogP contribution < -0.4 is 10.0 Å². The molecule has 0 fully saturated rings. The van der Waals surface area contributed by atoms with E-state index in [0.717, 1.165) is 36.7 Å². The molecule has 2 rings (SSSR count). The molecule has 1 aromatic carbocycles. The van der Waals surface area contributed by atoms with Crippen LogP contribution in [0.2, 0.25) is 0 Å². The van der Waals surface area contributed by atoms with Gasteiger partial charge in [-0.15, -0.1) is 0 Å². The second kappa shape index (κ2) is 8.41. The van der Waals surface area contributed by atoms with Crippen LogP contribution >= 0.6 is 0 Å². The minimum absolute atomic E-state index is 0.0794. The standard InChI is InChI=1S/C17H15F5N4O3S/c1-3-13(17(20,21)22)25-30(28,29)12-8-26(2)15(14(12)19)16(27)24-10-4-5-11(18)9(6-10)7-23/h4-6,8,13,25H,3H2,1-2H3,(H,24,27)/t13-/m1/s1. The van der Waals surface area contributed by atoms with Crippen molar-refractivity contribution in [2.24, 2.45) is 7.05 Å². The largest absolute Gasteiger partial charge is 0.404 e. The molecule has 0 aliphatic heterocycles. The van der Waals surface area contributed by atoms with Crippen molar-refractivity contribution in [2.75, 3.05) is 5.32 Å². The maximum absolute atomic E-state index is 14.7. The molecular formula is C17H15F5N4O3S. The highest BCUT2D eigenvalue weighted by Crippen LogP contribution is 2.26. The topological polar surface area (TPSA) is 104 Å². The van der Waals surface area contributed by atoms with Gasteiger partial charge in [-0.1, -0.05) is 6.92 Å². The summed E-state index contributed by atoms with van der Waals surface area (Å²) in [6, 6.07) is 2.05. The number of amides is 1. The summed E-state index contributed by atoms with van der Waals surface area (Å²) in [5, 5.41) is 11.0. The molecule has 1 amide bonds. The van der Waals surface area contributed by atoms with Gasteiger partial charge in [0.25, 0.3) is 5.91 Å². The lowest BCUT2D eigenvalue weighted by Crippen LogP contribution is -2.44. The molecule has 1 aromatic heterocycles. The number of aryl methyl sites for hydroxylation is 1. The smallest absolute Gasteiger partial charge is 0.343 e. The van der Waals surface area contributed by atoms with E-state index >= 15 is 0 Å². The Hall–Kier alpha value is -2.98. The number of carbonyl (C=O) groups excluding carboxylic acids is 1. The maximum Gasteiger partial charge on any atom is 0.404 e. The Bertz CT molecular complexity index is 1120. The molecule has 0 saturated carbocycles. The van der Waals surface area contributed by atoms with Crippen LogP contribution in [0.1, 0.15) is 29.4 Å². The van der Waals surface area contributed by atoms with E-state index in [1.165, 1.54) is 4.72 Å². The van der Waals surface area contributed by atoms with E-state index in [1.54, 1.807) is 6.07 Å². The number of rotatable bonds is 6. The first-order valence-corrected chi connectivity index (χ1v) is 9.75. The molecule has 162 valence electrons. The quantitative estimate of drug-likeness (QED) is 0.660. The van der Waals surface area contributed by atoms with Gasteiger partial charge in [-0.25, -0.2) is 17.2 Å². The highest BCUT2D eigenvalue weighted by molar-refractivity contribution is 7.89. The van der Waals surface area contributed by atoms with Gasteiger partial charge in [0.05, 0.1) is 5.56 Å². The van der Waals surface area contributed by atoms with Crippen LogP contribution in [-0.4, -0.2) is 31.1 Å². The second-order valence-corrected chi connectivity index (χ2v) is 7.83. The summed E-state index contributed by atoms with van der Waals surface area (Å²) >= 11 is 0. The van der Waals surface area contributed by atoms with Crippen LogP contribution in [0.5, 0.6) is 0 Å². The van der Waals surface area contributed by atoms with Gasteiger partial charge < -0.3 is 9.88 Å². The lowest BCUT2D eigenvalue weighted by Gasteiger charge is -2.19. The lowest BCUT2D eigenvalue weighted by atomic mass is 10.2. The highest BCUT2D eigenvalue weighted by atomic mass is 32.2. The molecule has 7 nitrogen and oxygen atoms in total. The number of hydrogen-bond donors (Lipinski definition) is 2. The van der Waals surface area contributed by atoms with Gasteiger partial charge in [-0.05, 0) is 24.6 Å². The number of nitrogens with one attached hydrogen (secondary N) is 2. The molecule has 2 aromatic rings. The predicted molar refractivity (Wildman–Crippen MR) is 94.9 cm³/mol. The number of halogens is 5. The fraction of sp³-hybridized carbons (Fsp3) is 0.294. The van der Waals surface area contributed by atoms with Gasteiger partial charge in [0, 0.05) is 18.9 Å². The van der Waals surface area contributed by atoms with E-state index < -0.39 is 62.4 Å². The van der Waals surface area contributed by atoms with E-state index in [4.69, 9.17) is 5.26 Å². The Labute approximate surface area is 168 Å². The molecular weight excluding hydrogens is 435 g/mol. The van der Waals surface area contributed by atoms with Crippen molar-refractivity contribution >= 4 is 21.6 Å². The average molecular weight is 450 g/mol. The van der Waals surface area contributed by atoms with Crippen LogP contribution in [0.4, 0.5) is 27.6 Å². The van der Waals surface area contributed by atoms with Crippen molar-refractivity contribution in [2.45, 2.75) is 30.5 Å². The Morgan fingerprint density at radius 3 is 2.47 bits per heavy atom. The maximum atomic E-state index is 14.7. The molecule has 13 heteroatoms. The summed E-state index contributed by atoms with van der Waals surface area (Å²) in [4.78, 5) is 11.2. The molecule has 2 N–H and O–H groups in total. The zero-order valence-electron chi connectivity index (χ0n) is 15.5. The minimum atomic E-state index is -4.95. The Morgan fingerprint density at radius 2 is 1.93 bits per heavy atom. The third-order valence-corrected chi connectivity index (χ3v) is 5.50. The molecule has 1 heterocycles. The summed E-state index contributed by atoms with van der Waals surface area (Å²) in [6.45, 7) is 1.10. The van der Waals surface area contributed by atoms with Crippen molar-refractivity contribution in [1.29, 1.82) is 5.26 Å². The minimum Gasteiger partial charge on any atom is -0.343 e. The molecule has 0 bridgehead atoms. The molecule has 0 spiro atoms. The van der Waals surface area contributed by atoms with E-state index in [0.29, 0.717) is 6.20 Å². The zero-order chi connectivity index (χ0) is 22.9. The van der Waals surface area contributed by atoms with Crippen molar-refractivity contribution < 1.29 is 35.2 Å². The first kappa shape index (κ1) is 23.3. The van der Waals surface area contributed by atoms with Crippen LogP contribution in [0.25, 0.3) is 0 Å². The summed E-state index contributed by atoms with van der Waals surface area (Å²) in [7, 11) is -3.83. The van der Waals surface area contributed by atoms with E-state index in [2.05, 4.69) is 5.32 Å². The van der Waals surface area contributed by atoms with Crippen molar-refractivity contribution in [3.63, 3.8) is 0 Å². The number of anilines is 1. The molecule has 0 unspecified atom stereocenters. The zero-order valence-corrected chi connectivity index (χ0v) is 16.3. The third-order valence-electron chi connectivity index (χ3n) is 4.04. The van der Waals surface area contributed by atoms with Crippen LogP contribution in [-0.2, 0) is 17.1 Å². The first-order valence-electron chi connectivity index (χ1n) is 8.26. The summed E-state index contributed by atoms with van der Waals surface area (Å²) in [5.41, 5.74) is -1.27. The van der Waals surface area contributed by atoms with Gasteiger partial charge in [0.1, 0.15) is 28.5 Å². The number of nitriles is 1. The highest BCUT2D eigenvalue weighted by Gasteiger charge is 2.42. The van der Waals surface area contributed by atoms with Crippen LogP contribution in [0.3, 0.4) is 0 Å². The van der Waals surface area contributed by atoms with Gasteiger partial charge in [0.15, 0.2) is 5.82 Å². The summed E-state index contributed by atoms with van der Waals surface area (Å²) < 4.78 is 93.4. The number of aromatic nitrogens is 1. The average Bonchev–Trinajstić information content (AvgIpc) is 2.95. The molecule has 30 heavy (non-hydrogen) atoms. The molecule has 0 aliphatic rings. The summed E-state index contributed by atoms with van der Waals surface area (Å²) in [5.74, 6) is -3.58. The Morgan fingerprint density at radius 1 is 1.30 bits per heavy atom. The number of sulfonamides is 1. The number of benzene rings is 1. The van der Waals surface area contributed by atoms with Crippen molar-refractivity contribution in [1.82, 2.24) is 9.29 Å². The SMILES string of the molecule is CC[C@@H](NS(=O)(=O)c1cn(C)c(C(=O)Nc2ccc(F)c(C#N)c2)c1F)C(F)(F)F. The fourth-order valence-corrected chi connectivity index (χ4v) is 3.96. The number of carbonyl (C=O) groups is 1. The van der Waals surface area contributed by atoms with E-state index in [1.807, 2.05) is 0 Å². The Kier molecular flexibility index (Phi) is 6.53. The monoisotopic (exact) mass is 450 g/mol. The van der Waals surface area contributed by atoms with Crippen LogP contribution in [0, 0.1) is 23.0 Å². The van der Waals surface area contributed by atoms with E-state index in [9.17, 15) is 35.2 Å². The molecule has 0 radical (unpaired) electrons. The second-order valence-electron chi connectivity index (χ2n) is 6.15. The summed E-state index contributed by atoms with van der Waals surface area (Å²) in [6.07, 6.45) is -4.87. The number of alkyl halides is 3. The van der Waals surface area contributed by atoms with Crippen molar-refractivity contribution in [3.05, 3.63) is 47.3 Å². The molecule has 0 aliphatic carbocycles. The first-order chi connectivity index (χ1) is 13.8. The fourth-order valence-electron chi connectivity index (χ4n) is 2.53. The van der Waals surface area contributed by atoms with Gasteiger partial charge in [-0.2, -0.15) is 23.2 Å². The predicted octanol–water partition coefficient (Wildman–Crippen LogP) is 3.05. The lowest BCUT2D eigenvalue weighted by molar-refractivity contribution is -0.151. The van der Waals surface area contributed by atoms with Crippen molar-refractivity contribution in [3.8, 4) is 6.07 Å². The van der Waals surface area contributed by atoms with Gasteiger partial charge >= 0.3 is 6.18 Å². The normalized spacial score (nSPS) is 13.0. The number of nitrogens with zero attached hydrogens (tertiary/aromatic N) is 2. The molecule has 0 saturated heterocycles. The number of hydrogen-bond acceptors (Lipinski definition) is 4. The van der Waals surface area contributed by atoms with Gasteiger partial charge in [-0.3, -0.25) is 4.79 Å². The Balaban J connectivity index is 2.37. The molecule has 1 atom stereocenters. The van der Waals surface area contributed by atoms with E-state index in [-0.39, 0.29) is 5.69 Å². The third kappa shape index (κ3) is 4.77. The van der Waals surface area contributed by atoms with Crippen LogP contribution in [0.15, 0.2) is 29.3 Å².